The zero-order valence-electron chi connectivity index (χ0n) is 13.8. The van der Waals surface area contributed by atoms with E-state index < -0.39 is 6.10 Å². The summed E-state index contributed by atoms with van der Waals surface area (Å²) >= 11 is 0. The molecule has 0 aliphatic carbocycles. The molecule has 2 aromatic rings. The van der Waals surface area contributed by atoms with Gasteiger partial charge in [0.05, 0.1) is 25.5 Å². The van der Waals surface area contributed by atoms with Gasteiger partial charge in [0, 0.05) is 25.7 Å². The van der Waals surface area contributed by atoms with Crippen molar-refractivity contribution in [1.82, 2.24) is 14.7 Å². The van der Waals surface area contributed by atoms with Gasteiger partial charge in [-0.05, 0) is 18.1 Å². The van der Waals surface area contributed by atoms with Crippen LogP contribution in [0.15, 0.2) is 42.7 Å². The van der Waals surface area contributed by atoms with Gasteiger partial charge in [0.1, 0.15) is 6.10 Å². The highest BCUT2D eigenvalue weighted by molar-refractivity contribution is 5.77. The van der Waals surface area contributed by atoms with Gasteiger partial charge in [0.25, 0.3) is 0 Å². The molecule has 128 valence electrons. The molecule has 3 rings (SSSR count). The number of carbonyl (C=O) groups is 1. The SMILES string of the molecule is Cc1cnn(CCC(=O)N2CCOC(CO)C2c2ccccc2)c1. The highest BCUT2D eigenvalue weighted by atomic mass is 16.5. The van der Waals surface area contributed by atoms with Crippen molar-refractivity contribution >= 4 is 5.91 Å². The van der Waals surface area contributed by atoms with Gasteiger partial charge < -0.3 is 14.7 Å². The Balaban J connectivity index is 1.74. The van der Waals surface area contributed by atoms with Crippen molar-refractivity contribution in [3.8, 4) is 0 Å². The van der Waals surface area contributed by atoms with Gasteiger partial charge in [-0.2, -0.15) is 5.10 Å². The van der Waals surface area contributed by atoms with Crippen molar-refractivity contribution in [3.05, 3.63) is 53.9 Å². The minimum absolute atomic E-state index is 0.0544. The minimum Gasteiger partial charge on any atom is -0.394 e. The molecule has 24 heavy (non-hydrogen) atoms. The summed E-state index contributed by atoms with van der Waals surface area (Å²) in [6.07, 6.45) is 3.70. The first-order valence-electron chi connectivity index (χ1n) is 8.25. The Morgan fingerprint density at radius 1 is 1.38 bits per heavy atom. The first kappa shape index (κ1) is 16.7. The third-order valence-corrected chi connectivity index (χ3v) is 4.31. The second kappa shape index (κ2) is 7.59. The number of hydrogen-bond acceptors (Lipinski definition) is 4. The summed E-state index contributed by atoms with van der Waals surface area (Å²) in [5.41, 5.74) is 2.07. The molecule has 1 aliphatic rings. The lowest BCUT2D eigenvalue weighted by atomic mass is 9.98. The van der Waals surface area contributed by atoms with E-state index >= 15 is 0 Å². The van der Waals surface area contributed by atoms with Crippen LogP contribution in [0.3, 0.4) is 0 Å². The molecule has 1 amide bonds. The number of hydrogen-bond donors (Lipinski definition) is 1. The standard InChI is InChI=1S/C18H23N3O3/c1-14-11-19-20(12-14)8-7-17(23)21-9-10-24-16(13-22)18(21)15-5-3-2-4-6-15/h2-6,11-12,16,18,22H,7-10,13H2,1H3. The van der Waals surface area contributed by atoms with E-state index in [0.717, 1.165) is 11.1 Å². The molecule has 6 heteroatoms. The third kappa shape index (κ3) is 3.66. The van der Waals surface area contributed by atoms with Gasteiger partial charge in [-0.15, -0.1) is 0 Å². The second-order valence-corrected chi connectivity index (χ2v) is 6.07. The monoisotopic (exact) mass is 329 g/mol. The molecule has 1 aliphatic heterocycles. The fraction of sp³-hybridized carbons (Fsp3) is 0.444. The maximum Gasteiger partial charge on any atom is 0.225 e. The van der Waals surface area contributed by atoms with Crippen molar-refractivity contribution < 1.29 is 14.6 Å². The fourth-order valence-corrected chi connectivity index (χ4v) is 3.15. The molecule has 1 fully saturated rings. The topological polar surface area (TPSA) is 67.6 Å². The average Bonchev–Trinajstić information content (AvgIpc) is 3.05. The highest BCUT2D eigenvalue weighted by Crippen LogP contribution is 2.30. The molecule has 2 heterocycles. The molecule has 0 saturated carbocycles. The second-order valence-electron chi connectivity index (χ2n) is 6.07. The number of benzene rings is 1. The van der Waals surface area contributed by atoms with E-state index in [9.17, 15) is 9.90 Å². The number of aryl methyl sites for hydroxylation is 2. The quantitative estimate of drug-likeness (QED) is 0.904. The fourth-order valence-electron chi connectivity index (χ4n) is 3.15. The Morgan fingerprint density at radius 2 is 2.17 bits per heavy atom. The Hall–Kier alpha value is -2.18. The largest absolute Gasteiger partial charge is 0.394 e. The number of aliphatic hydroxyl groups is 1. The minimum atomic E-state index is -0.392. The van der Waals surface area contributed by atoms with Gasteiger partial charge in [-0.1, -0.05) is 30.3 Å². The number of nitrogens with zero attached hydrogens (tertiary/aromatic N) is 3. The number of rotatable bonds is 5. The van der Waals surface area contributed by atoms with E-state index in [2.05, 4.69) is 5.10 Å². The van der Waals surface area contributed by atoms with Gasteiger partial charge in [-0.25, -0.2) is 0 Å². The Morgan fingerprint density at radius 3 is 2.83 bits per heavy atom. The number of ether oxygens (including phenoxy) is 1. The van der Waals surface area contributed by atoms with E-state index in [1.807, 2.05) is 48.4 Å². The number of aromatic nitrogens is 2. The number of amides is 1. The lowest BCUT2D eigenvalue weighted by Gasteiger charge is -2.41. The van der Waals surface area contributed by atoms with E-state index in [0.29, 0.717) is 26.1 Å². The number of aliphatic hydroxyl groups excluding tert-OH is 1. The van der Waals surface area contributed by atoms with Gasteiger partial charge in [0.15, 0.2) is 0 Å². The molecule has 1 aromatic heterocycles. The van der Waals surface area contributed by atoms with Crippen LogP contribution < -0.4 is 0 Å². The maximum absolute atomic E-state index is 12.8. The number of carbonyl (C=O) groups excluding carboxylic acids is 1. The summed E-state index contributed by atoms with van der Waals surface area (Å²) in [6.45, 7) is 3.40. The molecule has 0 spiro atoms. The van der Waals surface area contributed by atoms with Crippen LogP contribution in [0.1, 0.15) is 23.6 Å². The first-order valence-corrected chi connectivity index (χ1v) is 8.25. The van der Waals surface area contributed by atoms with Crippen LogP contribution in [0.4, 0.5) is 0 Å². The van der Waals surface area contributed by atoms with Crippen LogP contribution in [-0.4, -0.2) is 51.6 Å². The van der Waals surface area contributed by atoms with Crippen molar-refractivity contribution in [1.29, 1.82) is 0 Å². The van der Waals surface area contributed by atoms with Gasteiger partial charge >= 0.3 is 0 Å². The van der Waals surface area contributed by atoms with E-state index in [4.69, 9.17) is 4.74 Å². The van der Waals surface area contributed by atoms with Crippen molar-refractivity contribution in [2.45, 2.75) is 32.0 Å². The molecular formula is C18H23N3O3. The zero-order chi connectivity index (χ0) is 16.9. The highest BCUT2D eigenvalue weighted by Gasteiger charge is 2.35. The average molecular weight is 329 g/mol. The smallest absolute Gasteiger partial charge is 0.225 e. The molecule has 1 N–H and O–H groups in total. The van der Waals surface area contributed by atoms with Crippen molar-refractivity contribution in [2.24, 2.45) is 0 Å². The van der Waals surface area contributed by atoms with Crippen LogP contribution in [0.25, 0.3) is 0 Å². The number of morpholine rings is 1. The van der Waals surface area contributed by atoms with Crippen LogP contribution in [-0.2, 0) is 16.1 Å². The van der Waals surface area contributed by atoms with Crippen LogP contribution in [0, 0.1) is 6.92 Å². The van der Waals surface area contributed by atoms with E-state index in [1.54, 1.807) is 10.9 Å². The van der Waals surface area contributed by atoms with Crippen molar-refractivity contribution in [2.75, 3.05) is 19.8 Å². The first-order chi connectivity index (χ1) is 11.7. The Bertz CT molecular complexity index is 671. The molecule has 0 bridgehead atoms. The predicted octanol–water partition coefficient (Wildman–Crippen LogP) is 1.54. The van der Waals surface area contributed by atoms with E-state index in [-0.39, 0.29) is 18.6 Å². The Kier molecular flexibility index (Phi) is 5.27. The summed E-state index contributed by atoms with van der Waals surface area (Å²) in [4.78, 5) is 14.6. The van der Waals surface area contributed by atoms with E-state index in [1.165, 1.54) is 0 Å². The molecule has 1 aromatic carbocycles. The summed E-state index contributed by atoms with van der Waals surface area (Å²) in [7, 11) is 0. The molecule has 0 radical (unpaired) electrons. The van der Waals surface area contributed by atoms with Crippen molar-refractivity contribution in [3.63, 3.8) is 0 Å². The normalized spacial score (nSPS) is 21.0. The maximum atomic E-state index is 12.8. The predicted molar refractivity (Wildman–Crippen MR) is 89.3 cm³/mol. The molecule has 6 nitrogen and oxygen atoms in total. The van der Waals surface area contributed by atoms with Gasteiger partial charge in [0.2, 0.25) is 5.91 Å². The van der Waals surface area contributed by atoms with Crippen LogP contribution >= 0.6 is 0 Å². The Labute approximate surface area is 141 Å². The lowest BCUT2D eigenvalue weighted by Crippen LogP contribution is -2.49. The zero-order valence-corrected chi connectivity index (χ0v) is 13.8. The lowest BCUT2D eigenvalue weighted by molar-refractivity contribution is -0.150. The van der Waals surface area contributed by atoms with Crippen LogP contribution in [0.5, 0.6) is 0 Å². The molecule has 2 unspecified atom stereocenters. The van der Waals surface area contributed by atoms with Crippen LogP contribution in [0.2, 0.25) is 0 Å². The molecule has 2 atom stereocenters. The summed E-state index contributed by atoms with van der Waals surface area (Å²) in [6, 6.07) is 9.50. The van der Waals surface area contributed by atoms with Gasteiger partial charge in [-0.3, -0.25) is 9.48 Å². The summed E-state index contributed by atoms with van der Waals surface area (Å²) < 4.78 is 7.47. The molecular weight excluding hydrogens is 306 g/mol. The molecule has 1 saturated heterocycles. The third-order valence-electron chi connectivity index (χ3n) is 4.31. The summed E-state index contributed by atoms with van der Waals surface area (Å²) in [5.74, 6) is 0.0544. The summed E-state index contributed by atoms with van der Waals surface area (Å²) in [5, 5.41) is 13.9.